The molecule has 2 heterocycles. The maximum atomic E-state index is 5.83. The van der Waals surface area contributed by atoms with Gasteiger partial charge in [-0.15, -0.1) is 24.0 Å². The molecule has 0 atom stereocenters. The second kappa shape index (κ2) is 15.9. The van der Waals surface area contributed by atoms with Crippen molar-refractivity contribution in [1.29, 1.82) is 0 Å². The Morgan fingerprint density at radius 2 is 1.75 bits per heavy atom. The smallest absolute Gasteiger partial charge is 0.191 e. The standard InChI is InChI=1S/C25H42N4O2.HI/c1-21-8-13-29(14-9-21)19-23-6-4-22(5-7-23)18-28-25(26-2)27-12-3-15-31-20-24-10-16-30-17-11-24;/h4-7,21,24H,3,8-20H2,1-2H3,(H2,26,27,28);1H. The van der Waals surface area contributed by atoms with Crippen LogP contribution >= 0.6 is 24.0 Å². The third-order valence-electron chi connectivity index (χ3n) is 6.44. The number of nitrogens with zero attached hydrogens (tertiary/aromatic N) is 2. The second-order valence-corrected chi connectivity index (χ2v) is 9.11. The molecule has 0 aliphatic carbocycles. The fourth-order valence-corrected chi connectivity index (χ4v) is 4.19. The SMILES string of the molecule is CN=C(NCCCOCC1CCOCC1)NCc1ccc(CN2CCC(C)CC2)cc1.I. The molecule has 3 rings (SSSR count). The van der Waals surface area contributed by atoms with E-state index in [1.165, 1.54) is 37.1 Å². The first-order valence-corrected chi connectivity index (χ1v) is 12.1. The Bertz CT molecular complexity index is 642. The molecule has 0 unspecified atom stereocenters. The first-order valence-electron chi connectivity index (χ1n) is 12.1. The van der Waals surface area contributed by atoms with Crippen LogP contribution in [0, 0.1) is 11.8 Å². The van der Waals surface area contributed by atoms with Crippen molar-refractivity contribution in [1.82, 2.24) is 15.5 Å². The van der Waals surface area contributed by atoms with Gasteiger partial charge in [0, 0.05) is 53.1 Å². The Labute approximate surface area is 211 Å². The zero-order chi connectivity index (χ0) is 21.7. The quantitative estimate of drug-likeness (QED) is 0.197. The van der Waals surface area contributed by atoms with Crippen LogP contribution in [0.1, 0.15) is 50.2 Å². The monoisotopic (exact) mass is 558 g/mol. The van der Waals surface area contributed by atoms with E-state index in [0.29, 0.717) is 5.92 Å². The fourth-order valence-electron chi connectivity index (χ4n) is 4.19. The molecule has 182 valence electrons. The number of nitrogens with one attached hydrogen (secondary N) is 2. The average Bonchev–Trinajstić information content (AvgIpc) is 2.81. The van der Waals surface area contributed by atoms with E-state index in [1.807, 2.05) is 7.05 Å². The normalized spacial score (nSPS) is 18.9. The lowest BCUT2D eigenvalue weighted by Crippen LogP contribution is -2.37. The summed E-state index contributed by atoms with van der Waals surface area (Å²) in [5.74, 6) is 2.40. The molecule has 1 aromatic carbocycles. The van der Waals surface area contributed by atoms with Gasteiger partial charge in [0.2, 0.25) is 0 Å². The van der Waals surface area contributed by atoms with E-state index in [2.05, 4.69) is 51.7 Å². The first kappa shape index (κ1) is 27.3. The van der Waals surface area contributed by atoms with Crippen molar-refractivity contribution in [2.75, 3.05) is 53.1 Å². The Kier molecular flexibility index (Phi) is 13.5. The third kappa shape index (κ3) is 10.4. The molecule has 0 bridgehead atoms. The summed E-state index contributed by atoms with van der Waals surface area (Å²) in [5, 5.41) is 6.79. The predicted molar refractivity (Wildman–Crippen MR) is 143 cm³/mol. The van der Waals surface area contributed by atoms with E-state index in [4.69, 9.17) is 9.47 Å². The minimum Gasteiger partial charge on any atom is -0.381 e. The molecule has 7 heteroatoms. The van der Waals surface area contributed by atoms with Crippen LogP contribution in [0.15, 0.2) is 29.3 Å². The molecule has 0 spiro atoms. The molecule has 2 aliphatic heterocycles. The summed E-state index contributed by atoms with van der Waals surface area (Å²) < 4.78 is 11.2. The molecular formula is C25H43IN4O2. The second-order valence-electron chi connectivity index (χ2n) is 9.11. The van der Waals surface area contributed by atoms with Gasteiger partial charge in [0.05, 0.1) is 0 Å². The Hall–Kier alpha value is -0.900. The molecule has 2 aliphatic rings. The average molecular weight is 559 g/mol. The number of guanidine groups is 1. The number of likely N-dealkylation sites (tertiary alicyclic amines) is 1. The van der Waals surface area contributed by atoms with E-state index >= 15 is 0 Å². The van der Waals surface area contributed by atoms with Gasteiger partial charge in [-0.3, -0.25) is 9.89 Å². The van der Waals surface area contributed by atoms with E-state index in [0.717, 1.165) is 77.2 Å². The molecular weight excluding hydrogens is 515 g/mol. The summed E-state index contributed by atoms with van der Waals surface area (Å²) in [5.41, 5.74) is 2.68. The lowest BCUT2D eigenvalue weighted by molar-refractivity contribution is 0.0203. The van der Waals surface area contributed by atoms with Gasteiger partial charge in [0.25, 0.3) is 0 Å². The van der Waals surface area contributed by atoms with Gasteiger partial charge >= 0.3 is 0 Å². The number of halogens is 1. The Morgan fingerprint density at radius 3 is 2.44 bits per heavy atom. The third-order valence-corrected chi connectivity index (χ3v) is 6.44. The Morgan fingerprint density at radius 1 is 1.06 bits per heavy atom. The first-order chi connectivity index (χ1) is 15.2. The van der Waals surface area contributed by atoms with Crippen molar-refractivity contribution >= 4 is 29.9 Å². The number of hydrogen-bond acceptors (Lipinski definition) is 4. The van der Waals surface area contributed by atoms with Gasteiger partial charge in [-0.05, 0) is 68.2 Å². The number of benzene rings is 1. The van der Waals surface area contributed by atoms with Crippen molar-refractivity contribution in [3.63, 3.8) is 0 Å². The van der Waals surface area contributed by atoms with E-state index in [-0.39, 0.29) is 24.0 Å². The summed E-state index contributed by atoms with van der Waals surface area (Å²) in [6.45, 7) is 11.0. The van der Waals surface area contributed by atoms with Crippen LogP contribution in [-0.4, -0.2) is 64.0 Å². The maximum Gasteiger partial charge on any atom is 0.191 e. The topological polar surface area (TPSA) is 58.1 Å². The fraction of sp³-hybridized carbons (Fsp3) is 0.720. The van der Waals surface area contributed by atoms with E-state index < -0.39 is 0 Å². The highest BCUT2D eigenvalue weighted by Gasteiger charge is 2.15. The molecule has 0 saturated carbocycles. The van der Waals surface area contributed by atoms with Gasteiger partial charge in [0.15, 0.2) is 5.96 Å². The van der Waals surface area contributed by atoms with Gasteiger partial charge < -0.3 is 20.1 Å². The lowest BCUT2D eigenvalue weighted by Gasteiger charge is -2.30. The highest BCUT2D eigenvalue weighted by Crippen LogP contribution is 2.18. The van der Waals surface area contributed by atoms with Crippen LogP contribution in [0.5, 0.6) is 0 Å². The maximum absolute atomic E-state index is 5.83. The van der Waals surface area contributed by atoms with Crippen LogP contribution in [0.3, 0.4) is 0 Å². The molecule has 1 aromatic rings. The van der Waals surface area contributed by atoms with Crippen molar-refractivity contribution in [2.24, 2.45) is 16.8 Å². The molecule has 32 heavy (non-hydrogen) atoms. The predicted octanol–water partition coefficient (Wildman–Crippen LogP) is 4.03. The molecule has 0 aromatic heterocycles. The molecule has 2 saturated heterocycles. The van der Waals surface area contributed by atoms with Crippen molar-refractivity contribution in [3.8, 4) is 0 Å². The highest BCUT2D eigenvalue weighted by molar-refractivity contribution is 14.0. The molecule has 0 amide bonds. The van der Waals surface area contributed by atoms with Gasteiger partial charge in [-0.25, -0.2) is 0 Å². The highest BCUT2D eigenvalue weighted by atomic mass is 127. The lowest BCUT2D eigenvalue weighted by atomic mass is 9.99. The van der Waals surface area contributed by atoms with Crippen LogP contribution in [0.4, 0.5) is 0 Å². The van der Waals surface area contributed by atoms with Gasteiger partial charge in [0.1, 0.15) is 0 Å². The largest absolute Gasteiger partial charge is 0.381 e. The minimum absolute atomic E-state index is 0. The molecule has 0 radical (unpaired) electrons. The zero-order valence-corrected chi connectivity index (χ0v) is 22.3. The molecule has 2 fully saturated rings. The number of piperidine rings is 1. The number of aliphatic imine (C=N–C) groups is 1. The number of rotatable bonds is 10. The molecule has 2 N–H and O–H groups in total. The van der Waals surface area contributed by atoms with Crippen LogP contribution in [0.25, 0.3) is 0 Å². The van der Waals surface area contributed by atoms with Crippen molar-refractivity contribution < 1.29 is 9.47 Å². The summed E-state index contributed by atoms with van der Waals surface area (Å²) >= 11 is 0. The van der Waals surface area contributed by atoms with E-state index in [1.54, 1.807) is 0 Å². The summed E-state index contributed by atoms with van der Waals surface area (Å²) in [6.07, 6.45) is 5.90. The van der Waals surface area contributed by atoms with Gasteiger partial charge in [-0.1, -0.05) is 31.2 Å². The zero-order valence-electron chi connectivity index (χ0n) is 20.0. The molecule has 6 nitrogen and oxygen atoms in total. The number of ether oxygens (including phenoxy) is 2. The number of hydrogen-bond donors (Lipinski definition) is 2. The van der Waals surface area contributed by atoms with Crippen molar-refractivity contribution in [3.05, 3.63) is 35.4 Å². The summed E-state index contributed by atoms with van der Waals surface area (Å²) in [7, 11) is 1.82. The van der Waals surface area contributed by atoms with Gasteiger partial charge in [-0.2, -0.15) is 0 Å². The Balaban J connectivity index is 0.00000363. The van der Waals surface area contributed by atoms with E-state index in [9.17, 15) is 0 Å². The summed E-state index contributed by atoms with van der Waals surface area (Å²) in [4.78, 5) is 6.90. The minimum atomic E-state index is 0. The van der Waals surface area contributed by atoms with Crippen LogP contribution < -0.4 is 10.6 Å². The van der Waals surface area contributed by atoms with Crippen LogP contribution in [-0.2, 0) is 22.6 Å². The van der Waals surface area contributed by atoms with Crippen molar-refractivity contribution in [2.45, 2.75) is 52.1 Å². The summed E-state index contributed by atoms with van der Waals surface area (Å²) in [6, 6.07) is 8.99. The van der Waals surface area contributed by atoms with Crippen LogP contribution in [0.2, 0.25) is 0 Å².